The summed E-state index contributed by atoms with van der Waals surface area (Å²) in [7, 11) is 3.03. The lowest BCUT2D eigenvalue weighted by Crippen LogP contribution is -2.06. The Labute approximate surface area is 168 Å². The highest BCUT2D eigenvalue weighted by molar-refractivity contribution is 5.92. The van der Waals surface area contributed by atoms with Gasteiger partial charge in [-0.2, -0.15) is 0 Å². The van der Waals surface area contributed by atoms with Crippen molar-refractivity contribution in [2.75, 3.05) is 14.2 Å². The minimum Gasteiger partial charge on any atom is -0.496 e. The summed E-state index contributed by atoms with van der Waals surface area (Å²) in [6, 6.07) is 22.3. The average molecular weight is 388 g/mol. The van der Waals surface area contributed by atoms with Crippen LogP contribution in [0.15, 0.2) is 82.0 Å². The van der Waals surface area contributed by atoms with Crippen LogP contribution in [-0.4, -0.2) is 14.2 Å². The van der Waals surface area contributed by atoms with E-state index in [2.05, 4.69) is 0 Å². The van der Waals surface area contributed by atoms with Crippen LogP contribution >= 0.6 is 0 Å². The second-order valence-electron chi connectivity index (χ2n) is 6.43. The number of fused-ring (bicyclic) bond motifs is 1. The molecule has 4 aromatic rings. The zero-order chi connectivity index (χ0) is 20.2. The number of hydrogen-bond donors (Lipinski definition) is 0. The van der Waals surface area contributed by atoms with Crippen molar-refractivity contribution >= 4 is 11.0 Å². The minimum atomic E-state index is -0.213. The molecule has 0 aliphatic rings. The van der Waals surface area contributed by atoms with Crippen molar-refractivity contribution in [3.05, 3.63) is 88.6 Å². The van der Waals surface area contributed by atoms with Gasteiger partial charge in [0.25, 0.3) is 0 Å². The lowest BCUT2D eigenvalue weighted by molar-refractivity contribution is 0.282. The van der Waals surface area contributed by atoms with E-state index >= 15 is 0 Å². The summed E-state index contributed by atoms with van der Waals surface area (Å²) in [4.78, 5) is 12.9. The van der Waals surface area contributed by atoms with E-state index in [-0.39, 0.29) is 5.43 Å². The molecule has 0 aliphatic heterocycles. The molecule has 1 aromatic heterocycles. The van der Waals surface area contributed by atoms with Gasteiger partial charge in [0.1, 0.15) is 23.5 Å². The van der Waals surface area contributed by atoms with Crippen molar-refractivity contribution in [2.45, 2.75) is 6.61 Å². The van der Waals surface area contributed by atoms with Gasteiger partial charge in [-0.1, -0.05) is 60.7 Å². The van der Waals surface area contributed by atoms with Gasteiger partial charge < -0.3 is 18.6 Å². The van der Waals surface area contributed by atoms with E-state index in [4.69, 9.17) is 18.6 Å². The van der Waals surface area contributed by atoms with E-state index in [0.29, 0.717) is 40.6 Å². The first-order valence-electron chi connectivity index (χ1n) is 9.16. The summed E-state index contributed by atoms with van der Waals surface area (Å²) in [6.07, 6.45) is 0. The number of benzene rings is 3. The molecular weight excluding hydrogens is 368 g/mol. The summed E-state index contributed by atoms with van der Waals surface area (Å²) >= 11 is 0. The second-order valence-corrected chi connectivity index (χ2v) is 6.43. The topological polar surface area (TPSA) is 57.9 Å². The molecule has 5 heteroatoms. The van der Waals surface area contributed by atoms with Crippen LogP contribution in [0.5, 0.6) is 17.2 Å². The predicted octanol–water partition coefficient (Wildman–Crippen LogP) is 5.06. The Balaban J connectivity index is 1.87. The maximum absolute atomic E-state index is 12.9. The molecule has 0 atom stereocenters. The SMILES string of the molecule is COc1c(OCc2ccccc2)cc(OC)c2c(=O)cc(-c3ccccc3)oc12. The second kappa shape index (κ2) is 8.10. The molecule has 29 heavy (non-hydrogen) atoms. The number of ether oxygens (including phenoxy) is 3. The van der Waals surface area contributed by atoms with E-state index in [0.717, 1.165) is 11.1 Å². The Bertz CT molecular complexity index is 1180. The average Bonchev–Trinajstić information content (AvgIpc) is 2.78. The van der Waals surface area contributed by atoms with Crippen molar-refractivity contribution in [1.29, 1.82) is 0 Å². The van der Waals surface area contributed by atoms with Gasteiger partial charge in [0.05, 0.1) is 14.2 Å². The van der Waals surface area contributed by atoms with Gasteiger partial charge in [-0.3, -0.25) is 4.79 Å². The van der Waals surface area contributed by atoms with Gasteiger partial charge in [0.2, 0.25) is 5.75 Å². The fourth-order valence-corrected chi connectivity index (χ4v) is 3.20. The fraction of sp³-hybridized carbons (Fsp3) is 0.125. The van der Waals surface area contributed by atoms with Gasteiger partial charge in [-0.15, -0.1) is 0 Å². The van der Waals surface area contributed by atoms with Crippen molar-refractivity contribution in [2.24, 2.45) is 0 Å². The van der Waals surface area contributed by atoms with E-state index in [1.165, 1.54) is 20.3 Å². The molecule has 4 rings (SSSR count). The summed E-state index contributed by atoms with van der Waals surface area (Å²) in [5.74, 6) is 1.61. The van der Waals surface area contributed by atoms with E-state index in [1.807, 2.05) is 60.7 Å². The minimum absolute atomic E-state index is 0.213. The normalized spacial score (nSPS) is 10.7. The largest absolute Gasteiger partial charge is 0.496 e. The van der Waals surface area contributed by atoms with Crippen LogP contribution in [-0.2, 0) is 6.61 Å². The van der Waals surface area contributed by atoms with Crippen LogP contribution in [0, 0.1) is 0 Å². The van der Waals surface area contributed by atoms with E-state index in [1.54, 1.807) is 6.07 Å². The molecule has 0 N–H and O–H groups in total. The van der Waals surface area contributed by atoms with Crippen molar-refractivity contribution in [3.63, 3.8) is 0 Å². The number of rotatable bonds is 6. The molecule has 3 aromatic carbocycles. The molecule has 0 unspecified atom stereocenters. The highest BCUT2D eigenvalue weighted by atomic mass is 16.5. The van der Waals surface area contributed by atoms with Crippen molar-refractivity contribution in [1.82, 2.24) is 0 Å². The van der Waals surface area contributed by atoms with Gasteiger partial charge in [-0.05, 0) is 5.56 Å². The third kappa shape index (κ3) is 3.67. The maximum Gasteiger partial charge on any atom is 0.205 e. The molecule has 5 nitrogen and oxygen atoms in total. The Kier molecular flexibility index (Phi) is 5.20. The smallest absolute Gasteiger partial charge is 0.205 e. The molecule has 0 aliphatic carbocycles. The third-order valence-electron chi connectivity index (χ3n) is 4.61. The van der Waals surface area contributed by atoms with E-state index in [9.17, 15) is 4.79 Å². The Hall–Kier alpha value is -3.73. The molecule has 0 amide bonds. The third-order valence-corrected chi connectivity index (χ3v) is 4.61. The Morgan fingerprint density at radius 2 is 1.52 bits per heavy atom. The molecule has 0 saturated heterocycles. The highest BCUT2D eigenvalue weighted by Gasteiger charge is 2.21. The molecule has 0 radical (unpaired) electrons. The first-order chi connectivity index (χ1) is 14.2. The Morgan fingerprint density at radius 3 is 2.17 bits per heavy atom. The molecule has 1 heterocycles. The van der Waals surface area contributed by atoms with Gasteiger partial charge >= 0.3 is 0 Å². The van der Waals surface area contributed by atoms with Crippen LogP contribution in [0.2, 0.25) is 0 Å². The van der Waals surface area contributed by atoms with Crippen LogP contribution in [0.1, 0.15) is 5.56 Å². The quantitative estimate of drug-likeness (QED) is 0.462. The van der Waals surface area contributed by atoms with E-state index < -0.39 is 0 Å². The Morgan fingerprint density at radius 1 is 0.828 bits per heavy atom. The first-order valence-corrected chi connectivity index (χ1v) is 9.16. The first kappa shape index (κ1) is 18.6. The summed E-state index contributed by atoms with van der Waals surface area (Å²) in [5.41, 5.74) is 1.88. The molecule has 0 bridgehead atoms. The lowest BCUT2D eigenvalue weighted by Gasteiger charge is -2.15. The predicted molar refractivity (Wildman–Crippen MR) is 112 cm³/mol. The van der Waals surface area contributed by atoms with Gasteiger partial charge in [0.15, 0.2) is 16.8 Å². The zero-order valence-electron chi connectivity index (χ0n) is 16.2. The number of hydrogen-bond acceptors (Lipinski definition) is 5. The summed E-state index contributed by atoms with van der Waals surface area (Å²) in [5, 5.41) is 0.316. The zero-order valence-corrected chi connectivity index (χ0v) is 16.2. The lowest BCUT2D eigenvalue weighted by atomic mass is 10.1. The number of methoxy groups -OCH3 is 2. The van der Waals surface area contributed by atoms with Crippen molar-refractivity contribution < 1.29 is 18.6 Å². The fourth-order valence-electron chi connectivity index (χ4n) is 3.20. The van der Waals surface area contributed by atoms with Crippen LogP contribution in [0.4, 0.5) is 0 Å². The van der Waals surface area contributed by atoms with Crippen LogP contribution in [0.25, 0.3) is 22.3 Å². The molecule has 146 valence electrons. The molecule has 0 spiro atoms. The van der Waals surface area contributed by atoms with Gasteiger partial charge in [-0.25, -0.2) is 0 Å². The van der Waals surface area contributed by atoms with Gasteiger partial charge in [0, 0.05) is 17.7 Å². The highest BCUT2D eigenvalue weighted by Crippen LogP contribution is 2.41. The summed E-state index contributed by atoms with van der Waals surface area (Å²) < 4.78 is 23.1. The molecular formula is C24H20O5. The molecule has 0 saturated carbocycles. The van der Waals surface area contributed by atoms with Crippen LogP contribution in [0.3, 0.4) is 0 Å². The van der Waals surface area contributed by atoms with Crippen molar-refractivity contribution in [3.8, 4) is 28.6 Å². The summed E-state index contributed by atoms with van der Waals surface area (Å²) in [6.45, 7) is 0.342. The maximum atomic E-state index is 12.9. The standard InChI is InChI=1S/C24H20O5/c1-26-20-14-21(28-15-16-9-5-3-6-10-16)23(27-2)24-22(20)18(25)13-19(29-24)17-11-7-4-8-12-17/h3-14H,15H2,1-2H3. The molecule has 0 fully saturated rings. The monoisotopic (exact) mass is 388 g/mol. The van der Waals surface area contributed by atoms with Crippen LogP contribution < -0.4 is 19.6 Å².